The number of para-hydroxylation sites is 1. The Labute approximate surface area is 174 Å². The van der Waals surface area contributed by atoms with Crippen LogP contribution in [0, 0.1) is 18.6 Å². The highest BCUT2D eigenvalue weighted by Crippen LogP contribution is 2.28. The van der Waals surface area contributed by atoms with Gasteiger partial charge in [0.05, 0.1) is 11.3 Å². The van der Waals surface area contributed by atoms with Gasteiger partial charge >= 0.3 is 5.76 Å². The molecule has 8 nitrogen and oxygen atoms in total. The first-order valence-electron chi connectivity index (χ1n) is 9.19. The molecule has 10 heteroatoms. The predicted octanol–water partition coefficient (Wildman–Crippen LogP) is 3.28. The number of rotatable bonds is 4. The van der Waals surface area contributed by atoms with Gasteiger partial charge < -0.3 is 14.3 Å². The van der Waals surface area contributed by atoms with Crippen molar-refractivity contribution in [3.05, 3.63) is 76.2 Å². The Balaban J connectivity index is 1.70. The summed E-state index contributed by atoms with van der Waals surface area (Å²) in [5.41, 5.74) is 2.12. The zero-order valence-corrected chi connectivity index (χ0v) is 16.8. The number of hydrogen-bond donors (Lipinski definition) is 1. The maximum Gasteiger partial charge on any atom is 0.437 e. The van der Waals surface area contributed by atoms with Crippen LogP contribution in [0.2, 0.25) is 0 Å². The lowest BCUT2D eigenvalue weighted by molar-refractivity contribution is 0.101. The van der Waals surface area contributed by atoms with Crippen molar-refractivity contribution in [3.8, 4) is 22.7 Å². The smallest absolute Gasteiger partial charge is 0.388 e. The molecule has 3 heterocycles. The summed E-state index contributed by atoms with van der Waals surface area (Å²) in [6.45, 7) is 1.79. The Morgan fingerprint density at radius 3 is 2.48 bits per heavy atom. The number of nitrogens with zero attached hydrogens (tertiary/aromatic N) is 4. The lowest BCUT2D eigenvalue weighted by Crippen LogP contribution is -2.17. The van der Waals surface area contributed by atoms with E-state index in [-0.39, 0.29) is 11.6 Å². The van der Waals surface area contributed by atoms with Gasteiger partial charge in [-0.2, -0.15) is 4.68 Å². The van der Waals surface area contributed by atoms with Crippen molar-refractivity contribution in [1.29, 1.82) is 0 Å². The fraction of sp³-hybridized carbons (Fsp3) is 0.143. The van der Waals surface area contributed by atoms with Crippen molar-refractivity contribution in [1.82, 2.24) is 19.3 Å². The van der Waals surface area contributed by atoms with Gasteiger partial charge in [-0.25, -0.2) is 13.6 Å². The largest absolute Gasteiger partial charge is 0.437 e. The van der Waals surface area contributed by atoms with Crippen LogP contribution in [0.4, 0.5) is 14.5 Å². The van der Waals surface area contributed by atoms with Crippen LogP contribution in [0.3, 0.4) is 0 Å². The number of amides is 1. The van der Waals surface area contributed by atoms with E-state index >= 15 is 0 Å². The quantitative estimate of drug-likeness (QED) is 0.542. The minimum absolute atomic E-state index is 0.114. The minimum Gasteiger partial charge on any atom is -0.388 e. The molecule has 4 aromatic rings. The highest BCUT2D eigenvalue weighted by Gasteiger charge is 2.19. The van der Waals surface area contributed by atoms with Crippen molar-refractivity contribution >= 4 is 11.6 Å². The summed E-state index contributed by atoms with van der Waals surface area (Å²) >= 11 is 0. The van der Waals surface area contributed by atoms with Crippen LogP contribution in [0.5, 0.6) is 0 Å². The van der Waals surface area contributed by atoms with E-state index in [0.29, 0.717) is 22.5 Å². The maximum absolute atomic E-state index is 13.9. The number of carbonyl (C=O) groups is 1. The average molecular weight is 425 g/mol. The lowest BCUT2D eigenvalue weighted by atomic mass is 10.1. The zero-order chi connectivity index (χ0) is 22.3. The summed E-state index contributed by atoms with van der Waals surface area (Å²) in [6, 6.07) is 8.30. The topological polar surface area (TPSA) is 95.0 Å². The van der Waals surface area contributed by atoms with Gasteiger partial charge in [-0.05, 0) is 37.3 Å². The third kappa shape index (κ3) is 3.63. The molecule has 0 radical (unpaired) electrons. The molecule has 158 valence electrons. The minimum atomic E-state index is -0.868. The highest BCUT2D eigenvalue weighted by molar-refractivity contribution is 6.04. The van der Waals surface area contributed by atoms with E-state index in [1.54, 1.807) is 30.7 Å². The van der Waals surface area contributed by atoms with Gasteiger partial charge in [-0.1, -0.05) is 6.07 Å². The number of benzene rings is 1. The number of aryl methyl sites for hydroxylation is 2. The lowest BCUT2D eigenvalue weighted by Gasteiger charge is -2.11. The van der Waals surface area contributed by atoms with Crippen molar-refractivity contribution in [2.75, 3.05) is 5.32 Å². The summed E-state index contributed by atoms with van der Waals surface area (Å²) in [6.07, 6.45) is 1.53. The molecule has 1 N–H and O–H groups in total. The average Bonchev–Trinajstić information content (AvgIpc) is 3.27. The zero-order valence-electron chi connectivity index (χ0n) is 16.8. The van der Waals surface area contributed by atoms with E-state index < -0.39 is 29.0 Å². The number of anilines is 1. The van der Waals surface area contributed by atoms with E-state index in [4.69, 9.17) is 4.42 Å². The van der Waals surface area contributed by atoms with Crippen LogP contribution < -0.4 is 11.1 Å². The second-order valence-corrected chi connectivity index (χ2v) is 6.87. The van der Waals surface area contributed by atoms with E-state index in [0.717, 1.165) is 16.8 Å². The van der Waals surface area contributed by atoms with Gasteiger partial charge in [0, 0.05) is 31.5 Å². The van der Waals surface area contributed by atoms with Gasteiger partial charge in [-0.3, -0.25) is 9.78 Å². The molecule has 0 saturated carbocycles. The molecule has 0 aliphatic rings. The summed E-state index contributed by atoms with van der Waals surface area (Å²) in [4.78, 5) is 28.6. The first-order chi connectivity index (χ1) is 14.8. The third-order valence-corrected chi connectivity index (χ3v) is 4.85. The third-order valence-electron chi connectivity index (χ3n) is 4.85. The Kier molecular flexibility index (Phi) is 4.97. The van der Waals surface area contributed by atoms with Crippen molar-refractivity contribution in [2.24, 2.45) is 14.1 Å². The molecule has 0 aliphatic heterocycles. The van der Waals surface area contributed by atoms with Crippen LogP contribution in [-0.2, 0) is 14.1 Å². The van der Waals surface area contributed by atoms with E-state index in [9.17, 15) is 18.4 Å². The molecule has 0 atom stereocenters. The predicted molar refractivity (Wildman–Crippen MR) is 108 cm³/mol. The molecule has 0 spiro atoms. The second kappa shape index (κ2) is 7.63. The molecule has 0 saturated heterocycles. The normalized spacial score (nSPS) is 11.0. The highest BCUT2D eigenvalue weighted by atomic mass is 19.1. The summed E-state index contributed by atoms with van der Waals surface area (Å²) in [7, 11) is 3.12. The molecular formula is C21H17F2N5O3. The fourth-order valence-corrected chi connectivity index (χ4v) is 3.18. The molecule has 1 amide bonds. The first kappa shape index (κ1) is 20.2. The summed E-state index contributed by atoms with van der Waals surface area (Å²) in [5, 5.41) is 6.29. The number of carbonyl (C=O) groups excluding carboxylic acids is 1. The standard InChI is InChI=1S/C21H17F2N5O3/c1-11-13(9-12(10-24-11)20-26-28(3)21(30)31-20)16-7-8-17(27(16)2)19(29)25-18-14(22)5-4-6-15(18)23/h4-10H,1-3H3,(H,25,29). The number of halogens is 2. The number of pyridine rings is 1. The SMILES string of the molecule is Cc1ncc(-c2nn(C)c(=O)o2)cc1-c1ccc(C(=O)Nc2c(F)cccc2F)n1C. The first-order valence-corrected chi connectivity index (χ1v) is 9.19. The fourth-order valence-electron chi connectivity index (χ4n) is 3.18. The Hall–Kier alpha value is -4.08. The van der Waals surface area contributed by atoms with Gasteiger partial charge in [0.1, 0.15) is 23.0 Å². The Morgan fingerprint density at radius 2 is 1.84 bits per heavy atom. The molecule has 3 aromatic heterocycles. The second-order valence-electron chi connectivity index (χ2n) is 6.87. The van der Waals surface area contributed by atoms with Crippen LogP contribution in [0.25, 0.3) is 22.7 Å². The summed E-state index contributed by atoms with van der Waals surface area (Å²) in [5.74, 6) is -2.89. The van der Waals surface area contributed by atoms with Gasteiger partial charge in [0.2, 0.25) is 0 Å². The maximum atomic E-state index is 13.9. The van der Waals surface area contributed by atoms with Gasteiger partial charge in [-0.15, -0.1) is 5.10 Å². The molecule has 0 bridgehead atoms. The van der Waals surface area contributed by atoms with Crippen molar-refractivity contribution in [2.45, 2.75) is 6.92 Å². The van der Waals surface area contributed by atoms with Gasteiger partial charge in [0.25, 0.3) is 11.8 Å². The van der Waals surface area contributed by atoms with Crippen LogP contribution in [0.15, 0.2) is 51.8 Å². The van der Waals surface area contributed by atoms with E-state index in [1.165, 1.54) is 25.4 Å². The number of nitrogens with one attached hydrogen (secondary N) is 1. The number of aromatic nitrogens is 4. The Bertz CT molecular complexity index is 1350. The molecule has 4 rings (SSSR count). The van der Waals surface area contributed by atoms with Crippen molar-refractivity contribution < 1.29 is 18.0 Å². The van der Waals surface area contributed by atoms with Crippen LogP contribution in [-0.4, -0.2) is 25.2 Å². The van der Waals surface area contributed by atoms with Crippen molar-refractivity contribution in [3.63, 3.8) is 0 Å². The summed E-state index contributed by atoms with van der Waals surface area (Å²) < 4.78 is 35.5. The molecule has 0 unspecified atom stereocenters. The molecule has 0 aliphatic carbocycles. The van der Waals surface area contributed by atoms with E-state index in [1.807, 2.05) is 0 Å². The monoisotopic (exact) mass is 425 g/mol. The van der Waals surface area contributed by atoms with Crippen LogP contribution in [0.1, 0.15) is 16.2 Å². The van der Waals surface area contributed by atoms with E-state index in [2.05, 4.69) is 15.4 Å². The van der Waals surface area contributed by atoms with Gasteiger partial charge in [0.15, 0.2) is 0 Å². The molecule has 0 fully saturated rings. The molecule has 1 aromatic carbocycles. The Morgan fingerprint density at radius 1 is 1.13 bits per heavy atom. The van der Waals surface area contributed by atoms with Crippen LogP contribution >= 0.6 is 0 Å². The number of hydrogen-bond acceptors (Lipinski definition) is 5. The molecular weight excluding hydrogens is 408 g/mol. The molecule has 31 heavy (non-hydrogen) atoms.